The first kappa shape index (κ1) is 15.6. The zero-order chi connectivity index (χ0) is 15.6. The Kier molecular flexibility index (Phi) is 4.71. The topological polar surface area (TPSA) is 90.4 Å². The van der Waals surface area contributed by atoms with E-state index in [1.165, 1.54) is 12.3 Å². The van der Waals surface area contributed by atoms with Gasteiger partial charge in [0.15, 0.2) is 12.4 Å². The van der Waals surface area contributed by atoms with Crippen LogP contribution in [0, 0.1) is 0 Å². The molecule has 2 rings (SSSR count). The molecule has 0 aromatic carbocycles. The fourth-order valence-electron chi connectivity index (χ4n) is 2.02. The minimum absolute atomic E-state index is 0.0287. The second kappa shape index (κ2) is 6.33. The molecule has 2 heterocycles. The summed E-state index contributed by atoms with van der Waals surface area (Å²) in [5.41, 5.74) is 5.73. The molecule has 3 atom stereocenters. The quantitative estimate of drug-likeness (QED) is 0.871. The molecule has 3 unspecified atom stereocenters. The lowest BCUT2D eigenvalue weighted by atomic mass is 10.1. The fourth-order valence-corrected chi connectivity index (χ4v) is 2.15. The molecule has 1 aliphatic rings. The predicted octanol–water partition coefficient (Wildman–Crippen LogP) is 1.12. The van der Waals surface area contributed by atoms with Gasteiger partial charge < -0.3 is 15.6 Å². The van der Waals surface area contributed by atoms with Gasteiger partial charge in [0, 0.05) is 22.9 Å². The molecule has 1 aromatic rings. The smallest absolute Gasteiger partial charge is 0.351 e. The number of nitrogens with zero attached hydrogens (tertiary/aromatic N) is 2. The summed E-state index contributed by atoms with van der Waals surface area (Å²) in [6.07, 6.45) is -1.93. The molecule has 1 aliphatic heterocycles. The lowest BCUT2D eigenvalue weighted by molar-refractivity contribution is -0.0375. The van der Waals surface area contributed by atoms with Gasteiger partial charge in [0.1, 0.15) is 11.9 Å². The molecular formula is C12H12ClF2N3O3. The number of halogens is 3. The van der Waals surface area contributed by atoms with Crippen molar-refractivity contribution in [1.82, 2.24) is 9.55 Å². The molecule has 3 N–H and O–H groups in total. The van der Waals surface area contributed by atoms with Crippen molar-refractivity contribution in [3.8, 4) is 0 Å². The van der Waals surface area contributed by atoms with E-state index < -0.39 is 30.8 Å². The number of ether oxygens (including phenoxy) is 1. The standard InChI is InChI=1S/C12H12ClF2N3O3/c13-2-1-6-4-18(12(20)17-10(6)16)11-9(15)7(3-14)8(5-19)21-11/h1-4,8-9,11,19H,5H2,(H2,16,17,20)/b2-1-,7-3-. The van der Waals surface area contributed by atoms with Crippen molar-refractivity contribution in [2.45, 2.75) is 18.5 Å². The van der Waals surface area contributed by atoms with Gasteiger partial charge in [0.05, 0.1) is 12.9 Å². The number of alkyl halides is 1. The first-order chi connectivity index (χ1) is 10.0. The number of nitrogen functional groups attached to an aromatic ring is 1. The molecule has 0 spiro atoms. The van der Waals surface area contributed by atoms with E-state index in [0.717, 1.165) is 10.1 Å². The van der Waals surface area contributed by atoms with Crippen molar-refractivity contribution < 1.29 is 18.6 Å². The highest BCUT2D eigenvalue weighted by atomic mass is 35.5. The fraction of sp³-hybridized carbons (Fsp3) is 0.333. The monoisotopic (exact) mass is 319 g/mol. The molecule has 114 valence electrons. The highest BCUT2D eigenvalue weighted by Crippen LogP contribution is 2.35. The normalized spacial score (nSPS) is 27.8. The average Bonchev–Trinajstić information content (AvgIpc) is 2.78. The number of hydrogen-bond donors (Lipinski definition) is 2. The summed E-state index contributed by atoms with van der Waals surface area (Å²) < 4.78 is 32.9. The van der Waals surface area contributed by atoms with E-state index in [9.17, 15) is 13.6 Å². The number of anilines is 1. The number of aliphatic hydroxyl groups is 1. The van der Waals surface area contributed by atoms with Gasteiger partial charge in [0.25, 0.3) is 0 Å². The maximum atomic E-state index is 14.2. The first-order valence-corrected chi connectivity index (χ1v) is 6.33. The van der Waals surface area contributed by atoms with Gasteiger partial charge in [-0.1, -0.05) is 11.6 Å². The molecule has 0 aliphatic carbocycles. The highest BCUT2D eigenvalue weighted by molar-refractivity contribution is 6.27. The van der Waals surface area contributed by atoms with Crippen LogP contribution in [0.15, 0.2) is 28.4 Å². The van der Waals surface area contributed by atoms with Crippen LogP contribution in [-0.2, 0) is 4.74 Å². The number of hydrogen-bond acceptors (Lipinski definition) is 5. The van der Waals surface area contributed by atoms with Gasteiger partial charge in [-0.05, 0) is 6.08 Å². The van der Waals surface area contributed by atoms with E-state index in [-0.39, 0.29) is 23.3 Å². The molecule has 0 saturated carbocycles. The maximum absolute atomic E-state index is 14.2. The average molecular weight is 320 g/mol. The Labute approximate surface area is 123 Å². The van der Waals surface area contributed by atoms with Crippen molar-refractivity contribution in [1.29, 1.82) is 0 Å². The Morgan fingerprint density at radius 1 is 1.62 bits per heavy atom. The van der Waals surface area contributed by atoms with Crippen molar-refractivity contribution in [2.75, 3.05) is 12.3 Å². The van der Waals surface area contributed by atoms with Crippen molar-refractivity contribution >= 4 is 23.5 Å². The number of nitrogens with two attached hydrogens (primary N) is 1. The van der Waals surface area contributed by atoms with Crippen LogP contribution in [0.3, 0.4) is 0 Å². The van der Waals surface area contributed by atoms with Crippen molar-refractivity contribution in [3.05, 3.63) is 39.7 Å². The molecule has 0 bridgehead atoms. The predicted molar refractivity (Wildman–Crippen MR) is 72.9 cm³/mol. The molecule has 21 heavy (non-hydrogen) atoms. The van der Waals surface area contributed by atoms with Crippen molar-refractivity contribution in [3.63, 3.8) is 0 Å². The zero-order valence-electron chi connectivity index (χ0n) is 10.6. The lowest BCUT2D eigenvalue weighted by Gasteiger charge is -2.16. The third kappa shape index (κ3) is 2.82. The third-order valence-corrected chi connectivity index (χ3v) is 3.19. The third-order valence-electron chi connectivity index (χ3n) is 3.06. The molecule has 6 nitrogen and oxygen atoms in total. The van der Waals surface area contributed by atoms with E-state index in [0.29, 0.717) is 0 Å². The van der Waals surface area contributed by atoms with Crippen LogP contribution in [0.4, 0.5) is 14.6 Å². The van der Waals surface area contributed by atoms with Gasteiger partial charge in [-0.3, -0.25) is 4.57 Å². The summed E-state index contributed by atoms with van der Waals surface area (Å²) in [7, 11) is 0. The highest BCUT2D eigenvalue weighted by Gasteiger charge is 2.42. The van der Waals surface area contributed by atoms with Gasteiger partial charge in [-0.2, -0.15) is 4.98 Å². The molecule has 1 saturated heterocycles. The summed E-state index contributed by atoms with van der Waals surface area (Å²) in [6, 6.07) is 0. The molecule has 9 heteroatoms. The summed E-state index contributed by atoms with van der Waals surface area (Å²) >= 11 is 5.43. The van der Waals surface area contributed by atoms with Gasteiger partial charge >= 0.3 is 5.69 Å². The Morgan fingerprint density at radius 2 is 2.33 bits per heavy atom. The van der Waals surface area contributed by atoms with E-state index in [4.69, 9.17) is 27.2 Å². The Bertz CT molecular complexity index is 647. The second-order valence-corrected chi connectivity index (χ2v) is 4.52. The maximum Gasteiger partial charge on any atom is 0.351 e. The Balaban J connectivity index is 2.47. The minimum atomic E-state index is -1.93. The van der Waals surface area contributed by atoms with Gasteiger partial charge in [0.2, 0.25) is 0 Å². The van der Waals surface area contributed by atoms with E-state index in [2.05, 4.69) is 4.98 Å². The van der Waals surface area contributed by atoms with Crippen LogP contribution >= 0.6 is 11.6 Å². The van der Waals surface area contributed by atoms with Crippen LogP contribution in [0.2, 0.25) is 0 Å². The zero-order valence-corrected chi connectivity index (χ0v) is 11.4. The molecule has 1 fully saturated rings. The van der Waals surface area contributed by atoms with Crippen LogP contribution in [0.5, 0.6) is 0 Å². The number of rotatable bonds is 3. The van der Waals surface area contributed by atoms with E-state index >= 15 is 0 Å². The summed E-state index contributed by atoms with van der Waals surface area (Å²) in [4.78, 5) is 15.3. The minimum Gasteiger partial charge on any atom is -0.393 e. The van der Waals surface area contributed by atoms with Crippen LogP contribution in [-0.4, -0.2) is 33.5 Å². The van der Waals surface area contributed by atoms with E-state index in [1.54, 1.807) is 0 Å². The molecule has 1 aromatic heterocycles. The SMILES string of the molecule is Nc1nc(=O)n(C2OC(CO)/C(=C/F)C2F)cc1/C=C\Cl. The van der Waals surface area contributed by atoms with Crippen LogP contribution in [0.1, 0.15) is 11.8 Å². The molecule has 0 amide bonds. The molecular weight excluding hydrogens is 308 g/mol. The second-order valence-electron chi connectivity index (χ2n) is 4.27. The van der Waals surface area contributed by atoms with E-state index in [1.807, 2.05) is 0 Å². The van der Waals surface area contributed by atoms with Gasteiger partial charge in [-0.15, -0.1) is 0 Å². The van der Waals surface area contributed by atoms with Crippen molar-refractivity contribution in [2.24, 2.45) is 0 Å². The summed E-state index contributed by atoms with van der Waals surface area (Å²) in [5.74, 6) is -0.0819. The molecule has 0 radical (unpaired) electrons. The summed E-state index contributed by atoms with van der Waals surface area (Å²) in [6.45, 7) is -0.613. The lowest BCUT2D eigenvalue weighted by Crippen LogP contribution is -2.31. The Hall–Kier alpha value is -1.77. The first-order valence-electron chi connectivity index (χ1n) is 5.89. The summed E-state index contributed by atoms with van der Waals surface area (Å²) in [5, 5.41) is 9.05. The number of aromatic nitrogens is 2. The van der Waals surface area contributed by atoms with Gasteiger partial charge in [-0.25, -0.2) is 13.6 Å². The largest absolute Gasteiger partial charge is 0.393 e. The van der Waals surface area contributed by atoms with Crippen LogP contribution < -0.4 is 11.4 Å². The van der Waals surface area contributed by atoms with Crippen LogP contribution in [0.25, 0.3) is 6.08 Å². The number of aliphatic hydroxyl groups excluding tert-OH is 1. The Morgan fingerprint density at radius 3 is 2.86 bits per heavy atom.